The minimum absolute atomic E-state index is 0.0934. The largest absolute Gasteiger partial charge is 0.347 e. The minimum atomic E-state index is -0.0934. The molecule has 0 aliphatic carbocycles. The van der Waals surface area contributed by atoms with Gasteiger partial charge in [0.2, 0.25) is 0 Å². The number of hydrogen-bond acceptors (Lipinski definition) is 3. The Bertz CT molecular complexity index is 440. The molecule has 1 aromatic heterocycles. The zero-order chi connectivity index (χ0) is 13.2. The van der Waals surface area contributed by atoms with Crippen LogP contribution in [0.15, 0.2) is 18.3 Å². The Labute approximate surface area is 118 Å². The summed E-state index contributed by atoms with van der Waals surface area (Å²) in [5.41, 5.74) is 0.441. The van der Waals surface area contributed by atoms with Crippen LogP contribution in [0, 0.1) is 5.92 Å². The Morgan fingerprint density at radius 2 is 2.16 bits per heavy atom. The second-order valence-electron chi connectivity index (χ2n) is 5.51. The Balaban J connectivity index is 1.64. The van der Waals surface area contributed by atoms with Crippen LogP contribution in [0.5, 0.6) is 0 Å². The highest BCUT2D eigenvalue weighted by Crippen LogP contribution is 2.26. The standard InChI is InChI=1S/C14H18ClN3O/c15-11-1-2-13(16-8-11)14(19)17-12-7-10-3-5-18(9-12)6-4-10/h1-2,8,10,12H,3-7,9H2,(H,17,19). The third-order valence-electron chi connectivity index (χ3n) is 4.10. The molecule has 4 nitrogen and oxygen atoms in total. The summed E-state index contributed by atoms with van der Waals surface area (Å²) in [5, 5.41) is 3.66. The first kappa shape index (κ1) is 12.9. The molecule has 0 aromatic carbocycles. The molecule has 3 fully saturated rings. The van der Waals surface area contributed by atoms with Gasteiger partial charge in [-0.25, -0.2) is 4.98 Å². The number of fused-ring (bicyclic) bond motifs is 4. The second-order valence-corrected chi connectivity index (χ2v) is 5.95. The first-order valence-corrected chi connectivity index (χ1v) is 7.23. The number of piperidine rings is 1. The quantitative estimate of drug-likeness (QED) is 0.900. The highest BCUT2D eigenvalue weighted by atomic mass is 35.5. The molecule has 1 atom stereocenters. The molecule has 4 heterocycles. The summed E-state index contributed by atoms with van der Waals surface area (Å²) >= 11 is 5.78. The van der Waals surface area contributed by atoms with Gasteiger partial charge in [0, 0.05) is 18.8 Å². The van der Waals surface area contributed by atoms with Gasteiger partial charge in [0.25, 0.3) is 5.91 Å². The molecule has 0 radical (unpaired) electrons. The number of amides is 1. The summed E-state index contributed by atoms with van der Waals surface area (Å²) in [6.07, 6.45) is 5.14. The van der Waals surface area contributed by atoms with Crippen molar-refractivity contribution in [1.82, 2.24) is 15.2 Å². The second kappa shape index (κ2) is 5.47. The van der Waals surface area contributed by atoms with E-state index in [1.165, 1.54) is 32.1 Å². The lowest BCUT2D eigenvalue weighted by Gasteiger charge is -2.26. The predicted octanol–water partition coefficient (Wildman–Crippen LogP) is 1.95. The molecule has 1 N–H and O–H groups in total. The topological polar surface area (TPSA) is 45.2 Å². The van der Waals surface area contributed by atoms with Crippen molar-refractivity contribution in [2.45, 2.75) is 25.3 Å². The fraction of sp³-hybridized carbons (Fsp3) is 0.571. The van der Waals surface area contributed by atoms with Gasteiger partial charge < -0.3 is 10.2 Å². The van der Waals surface area contributed by atoms with Gasteiger partial charge in [-0.15, -0.1) is 0 Å². The number of carbonyl (C=O) groups is 1. The number of pyridine rings is 1. The molecule has 1 aromatic rings. The first-order chi connectivity index (χ1) is 9.20. The van der Waals surface area contributed by atoms with E-state index in [0.29, 0.717) is 10.7 Å². The molecule has 0 spiro atoms. The SMILES string of the molecule is O=C(NC1CC2CCN(CC2)C1)c1ccc(Cl)cn1. The van der Waals surface area contributed by atoms with Gasteiger partial charge >= 0.3 is 0 Å². The molecule has 19 heavy (non-hydrogen) atoms. The number of rotatable bonds is 2. The molecule has 2 bridgehead atoms. The van der Waals surface area contributed by atoms with E-state index >= 15 is 0 Å². The van der Waals surface area contributed by atoms with Gasteiger partial charge in [-0.1, -0.05) is 11.6 Å². The molecule has 1 unspecified atom stereocenters. The summed E-state index contributed by atoms with van der Waals surface area (Å²) < 4.78 is 0. The van der Waals surface area contributed by atoms with Gasteiger partial charge in [0.15, 0.2) is 0 Å². The van der Waals surface area contributed by atoms with E-state index in [0.717, 1.165) is 18.9 Å². The molecule has 5 heteroatoms. The number of hydrogen-bond donors (Lipinski definition) is 1. The zero-order valence-corrected chi connectivity index (χ0v) is 11.6. The normalized spacial score (nSPS) is 29.8. The van der Waals surface area contributed by atoms with Crippen LogP contribution in [0.4, 0.5) is 0 Å². The lowest BCUT2D eigenvalue weighted by molar-refractivity contribution is 0.0924. The first-order valence-electron chi connectivity index (χ1n) is 6.85. The third-order valence-corrected chi connectivity index (χ3v) is 4.32. The van der Waals surface area contributed by atoms with E-state index in [2.05, 4.69) is 15.2 Å². The smallest absolute Gasteiger partial charge is 0.270 e. The lowest BCUT2D eigenvalue weighted by atomic mass is 9.94. The zero-order valence-electron chi connectivity index (χ0n) is 10.8. The van der Waals surface area contributed by atoms with Crippen molar-refractivity contribution in [3.8, 4) is 0 Å². The van der Waals surface area contributed by atoms with Gasteiger partial charge in [-0.05, 0) is 50.4 Å². The molecule has 3 saturated heterocycles. The van der Waals surface area contributed by atoms with Crippen LogP contribution in [0.2, 0.25) is 5.02 Å². The summed E-state index contributed by atoms with van der Waals surface area (Å²) in [6, 6.07) is 3.62. The van der Waals surface area contributed by atoms with E-state index in [4.69, 9.17) is 11.6 Å². The molecular weight excluding hydrogens is 262 g/mol. The van der Waals surface area contributed by atoms with Crippen LogP contribution in [0.1, 0.15) is 29.8 Å². The Hall–Kier alpha value is -1.13. The van der Waals surface area contributed by atoms with Crippen molar-refractivity contribution >= 4 is 17.5 Å². The molecule has 1 amide bonds. The summed E-state index contributed by atoms with van der Waals surface area (Å²) in [5.74, 6) is 0.673. The maximum absolute atomic E-state index is 12.1. The van der Waals surface area contributed by atoms with Crippen molar-refractivity contribution in [3.63, 3.8) is 0 Å². The molecule has 4 rings (SSSR count). The number of nitrogens with zero attached hydrogens (tertiary/aromatic N) is 2. The number of nitrogens with one attached hydrogen (secondary N) is 1. The monoisotopic (exact) mass is 279 g/mol. The summed E-state index contributed by atoms with van der Waals surface area (Å²) in [7, 11) is 0. The van der Waals surface area contributed by atoms with Crippen molar-refractivity contribution in [2.75, 3.05) is 19.6 Å². The fourth-order valence-electron chi connectivity index (χ4n) is 3.07. The Morgan fingerprint density at radius 1 is 1.37 bits per heavy atom. The molecule has 102 valence electrons. The van der Waals surface area contributed by atoms with E-state index in [1.807, 2.05) is 0 Å². The van der Waals surface area contributed by atoms with Crippen LogP contribution < -0.4 is 5.32 Å². The van der Waals surface area contributed by atoms with Crippen molar-refractivity contribution in [3.05, 3.63) is 29.0 Å². The van der Waals surface area contributed by atoms with Crippen LogP contribution in [-0.2, 0) is 0 Å². The highest BCUT2D eigenvalue weighted by molar-refractivity contribution is 6.30. The lowest BCUT2D eigenvalue weighted by Crippen LogP contribution is -2.42. The Morgan fingerprint density at radius 3 is 2.84 bits per heavy atom. The highest BCUT2D eigenvalue weighted by Gasteiger charge is 2.30. The van der Waals surface area contributed by atoms with Gasteiger partial charge in [-0.3, -0.25) is 4.79 Å². The maximum atomic E-state index is 12.1. The van der Waals surface area contributed by atoms with Crippen LogP contribution in [0.3, 0.4) is 0 Å². The predicted molar refractivity (Wildman–Crippen MR) is 74.3 cm³/mol. The van der Waals surface area contributed by atoms with Crippen LogP contribution in [0.25, 0.3) is 0 Å². The fourth-order valence-corrected chi connectivity index (χ4v) is 3.18. The number of aromatic nitrogens is 1. The van der Waals surface area contributed by atoms with Gasteiger partial charge in [0.05, 0.1) is 5.02 Å². The molecule has 3 aliphatic heterocycles. The van der Waals surface area contributed by atoms with Crippen molar-refractivity contribution in [1.29, 1.82) is 0 Å². The van der Waals surface area contributed by atoms with Gasteiger partial charge in [-0.2, -0.15) is 0 Å². The molecule has 3 aliphatic rings. The average molecular weight is 280 g/mol. The van der Waals surface area contributed by atoms with Crippen LogP contribution in [-0.4, -0.2) is 41.5 Å². The summed E-state index contributed by atoms with van der Waals surface area (Å²) in [4.78, 5) is 18.6. The van der Waals surface area contributed by atoms with E-state index in [1.54, 1.807) is 12.1 Å². The van der Waals surface area contributed by atoms with Crippen molar-refractivity contribution in [2.24, 2.45) is 5.92 Å². The van der Waals surface area contributed by atoms with E-state index in [9.17, 15) is 4.79 Å². The number of carbonyl (C=O) groups excluding carboxylic acids is 1. The minimum Gasteiger partial charge on any atom is -0.347 e. The Kier molecular flexibility index (Phi) is 3.71. The number of halogens is 1. The third kappa shape index (κ3) is 3.07. The summed E-state index contributed by atoms with van der Waals surface area (Å²) in [6.45, 7) is 3.32. The van der Waals surface area contributed by atoms with Crippen LogP contribution >= 0.6 is 11.6 Å². The molecular formula is C14H18ClN3O. The van der Waals surface area contributed by atoms with Gasteiger partial charge in [0.1, 0.15) is 5.69 Å². The molecule has 0 saturated carbocycles. The van der Waals surface area contributed by atoms with E-state index < -0.39 is 0 Å². The average Bonchev–Trinajstić information content (AvgIpc) is 2.71. The van der Waals surface area contributed by atoms with Crippen molar-refractivity contribution < 1.29 is 4.79 Å². The maximum Gasteiger partial charge on any atom is 0.270 e. The van der Waals surface area contributed by atoms with E-state index in [-0.39, 0.29) is 11.9 Å².